The summed E-state index contributed by atoms with van der Waals surface area (Å²) in [5.41, 5.74) is 5.03. The largest absolute Gasteiger partial charge is 0.338 e. The predicted molar refractivity (Wildman–Crippen MR) is 111 cm³/mol. The van der Waals surface area contributed by atoms with E-state index in [2.05, 4.69) is 22.4 Å². The SMILES string of the molecule is CC(=O)Nc1cccc(-c2nc(CC(=O)N3CCc4ccccc4C3)cs2)c1. The normalized spacial score (nSPS) is 13.1. The maximum atomic E-state index is 12.7. The number of amides is 2. The molecule has 0 saturated carbocycles. The van der Waals surface area contributed by atoms with E-state index in [-0.39, 0.29) is 11.8 Å². The third-order valence-electron chi connectivity index (χ3n) is 4.80. The Kier molecular flexibility index (Phi) is 5.21. The number of carbonyl (C=O) groups is 2. The van der Waals surface area contributed by atoms with Crippen LogP contribution in [0.3, 0.4) is 0 Å². The lowest BCUT2D eigenvalue weighted by atomic mass is 10.00. The van der Waals surface area contributed by atoms with Gasteiger partial charge in [-0.1, -0.05) is 36.4 Å². The van der Waals surface area contributed by atoms with Gasteiger partial charge in [-0.2, -0.15) is 0 Å². The van der Waals surface area contributed by atoms with Gasteiger partial charge < -0.3 is 10.2 Å². The molecule has 1 aliphatic heterocycles. The van der Waals surface area contributed by atoms with E-state index in [1.807, 2.05) is 46.7 Å². The standard InChI is InChI=1S/C22H21N3O2S/c1-15(26)23-19-8-4-7-17(11-19)22-24-20(14-28-22)12-21(27)25-10-9-16-5-2-3-6-18(16)13-25/h2-8,11,14H,9-10,12-13H2,1H3,(H,23,26). The Bertz CT molecular complexity index is 1030. The van der Waals surface area contributed by atoms with E-state index < -0.39 is 0 Å². The first kappa shape index (κ1) is 18.4. The van der Waals surface area contributed by atoms with Crippen molar-refractivity contribution in [1.29, 1.82) is 0 Å². The summed E-state index contributed by atoms with van der Waals surface area (Å²) in [6.07, 6.45) is 1.21. The van der Waals surface area contributed by atoms with Gasteiger partial charge >= 0.3 is 0 Å². The van der Waals surface area contributed by atoms with E-state index in [0.717, 1.165) is 34.9 Å². The van der Waals surface area contributed by atoms with Crippen LogP contribution in [0.1, 0.15) is 23.7 Å². The van der Waals surface area contributed by atoms with E-state index in [1.54, 1.807) is 0 Å². The number of anilines is 1. The molecule has 0 bridgehead atoms. The fraction of sp³-hybridized carbons (Fsp3) is 0.227. The number of nitrogens with zero attached hydrogens (tertiary/aromatic N) is 2. The van der Waals surface area contributed by atoms with Crippen LogP contribution in [-0.2, 0) is 29.0 Å². The highest BCUT2D eigenvalue weighted by Crippen LogP contribution is 2.27. The van der Waals surface area contributed by atoms with E-state index >= 15 is 0 Å². The Hall–Kier alpha value is -2.99. The third kappa shape index (κ3) is 4.12. The first-order chi connectivity index (χ1) is 13.6. The monoisotopic (exact) mass is 391 g/mol. The molecule has 0 atom stereocenters. The van der Waals surface area contributed by atoms with Gasteiger partial charge in [0.2, 0.25) is 11.8 Å². The highest BCUT2D eigenvalue weighted by Gasteiger charge is 2.21. The zero-order valence-corrected chi connectivity index (χ0v) is 16.5. The Balaban J connectivity index is 1.44. The van der Waals surface area contributed by atoms with Crippen molar-refractivity contribution >= 4 is 28.8 Å². The van der Waals surface area contributed by atoms with Gasteiger partial charge in [-0.15, -0.1) is 11.3 Å². The topological polar surface area (TPSA) is 62.3 Å². The van der Waals surface area contributed by atoms with Crippen LogP contribution in [0.4, 0.5) is 5.69 Å². The van der Waals surface area contributed by atoms with Gasteiger partial charge in [0, 0.05) is 36.6 Å². The Labute approximate surface area is 168 Å². The van der Waals surface area contributed by atoms with Crippen LogP contribution in [0.5, 0.6) is 0 Å². The van der Waals surface area contributed by atoms with Gasteiger partial charge in [-0.25, -0.2) is 4.98 Å². The second kappa shape index (κ2) is 7.94. The number of rotatable bonds is 4. The Morgan fingerprint density at radius 2 is 1.96 bits per heavy atom. The van der Waals surface area contributed by atoms with Gasteiger partial charge in [-0.05, 0) is 29.7 Å². The molecule has 0 spiro atoms. The highest BCUT2D eigenvalue weighted by atomic mass is 32.1. The van der Waals surface area contributed by atoms with Crippen molar-refractivity contribution < 1.29 is 9.59 Å². The fourth-order valence-corrected chi connectivity index (χ4v) is 4.25. The van der Waals surface area contributed by atoms with Crippen LogP contribution >= 0.6 is 11.3 Å². The summed E-state index contributed by atoms with van der Waals surface area (Å²) in [4.78, 5) is 30.5. The minimum absolute atomic E-state index is 0.106. The van der Waals surface area contributed by atoms with Crippen molar-refractivity contribution in [2.45, 2.75) is 26.3 Å². The quantitative estimate of drug-likeness (QED) is 0.734. The zero-order chi connectivity index (χ0) is 19.5. The van der Waals surface area contributed by atoms with E-state index in [4.69, 9.17) is 0 Å². The summed E-state index contributed by atoms with van der Waals surface area (Å²) in [6.45, 7) is 2.91. The Morgan fingerprint density at radius 3 is 2.79 bits per heavy atom. The zero-order valence-electron chi connectivity index (χ0n) is 15.6. The number of fused-ring (bicyclic) bond motifs is 1. The summed E-state index contributed by atoms with van der Waals surface area (Å²) >= 11 is 1.51. The summed E-state index contributed by atoms with van der Waals surface area (Å²) in [6, 6.07) is 15.9. The molecule has 0 radical (unpaired) electrons. The Morgan fingerprint density at radius 1 is 1.14 bits per heavy atom. The molecule has 1 aromatic heterocycles. The number of carbonyl (C=O) groups excluding carboxylic acids is 2. The van der Waals surface area contributed by atoms with Crippen LogP contribution in [-0.4, -0.2) is 28.2 Å². The van der Waals surface area contributed by atoms with Crippen LogP contribution in [0, 0.1) is 0 Å². The molecule has 2 amide bonds. The minimum Gasteiger partial charge on any atom is -0.338 e. The number of aromatic nitrogens is 1. The molecule has 1 N–H and O–H groups in total. The molecule has 1 aliphatic rings. The molecule has 2 heterocycles. The second-order valence-corrected chi connectivity index (χ2v) is 7.77. The lowest BCUT2D eigenvalue weighted by molar-refractivity contribution is -0.131. The van der Waals surface area contributed by atoms with Gasteiger partial charge in [0.05, 0.1) is 12.1 Å². The summed E-state index contributed by atoms with van der Waals surface area (Å²) in [5, 5.41) is 5.57. The summed E-state index contributed by atoms with van der Waals surface area (Å²) in [7, 11) is 0. The number of hydrogen-bond acceptors (Lipinski definition) is 4. The number of hydrogen-bond donors (Lipinski definition) is 1. The van der Waals surface area contributed by atoms with Gasteiger partial charge in [0.1, 0.15) is 5.01 Å². The number of nitrogens with one attached hydrogen (secondary N) is 1. The lowest BCUT2D eigenvalue weighted by Crippen LogP contribution is -2.36. The van der Waals surface area contributed by atoms with E-state index in [9.17, 15) is 9.59 Å². The van der Waals surface area contributed by atoms with Crippen molar-refractivity contribution in [2.24, 2.45) is 0 Å². The predicted octanol–water partition coefficient (Wildman–Crippen LogP) is 3.90. The minimum atomic E-state index is -0.106. The molecule has 2 aromatic carbocycles. The van der Waals surface area contributed by atoms with Gasteiger partial charge in [0.25, 0.3) is 0 Å². The molecular formula is C22H21N3O2S. The maximum Gasteiger partial charge on any atom is 0.228 e. The molecule has 6 heteroatoms. The molecule has 0 fully saturated rings. The first-order valence-electron chi connectivity index (χ1n) is 9.25. The molecular weight excluding hydrogens is 370 g/mol. The molecule has 5 nitrogen and oxygen atoms in total. The van der Waals surface area contributed by atoms with Crippen molar-refractivity contribution in [3.63, 3.8) is 0 Å². The molecule has 0 aliphatic carbocycles. The van der Waals surface area contributed by atoms with Gasteiger partial charge in [-0.3, -0.25) is 9.59 Å². The molecule has 0 unspecified atom stereocenters. The summed E-state index contributed by atoms with van der Waals surface area (Å²) in [5.74, 6) is 0.00373. The lowest BCUT2D eigenvalue weighted by Gasteiger charge is -2.28. The average molecular weight is 391 g/mol. The van der Waals surface area contributed by atoms with E-state index in [0.29, 0.717) is 13.0 Å². The molecule has 0 saturated heterocycles. The third-order valence-corrected chi connectivity index (χ3v) is 5.74. The van der Waals surface area contributed by atoms with Crippen LogP contribution in [0.2, 0.25) is 0 Å². The highest BCUT2D eigenvalue weighted by molar-refractivity contribution is 7.13. The number of benzene rings is 2. The van der Waals surface area contributed by atoms with Crippen LogP contribution in [0.25, 0.3) is 10.6 Å². The van der Waals surface area contributed by atoms with Crippen LogP contribution in [0.15, 0.2) is 53.9 Å². The molecule has 4 rings (SSSR count). The second-order valence-electron chi connectivity index (χ2n) is 6.92. The molecule has 28 heavy (non-hydrogen) atoms. The van der Waals surface area contributed by atoms with Crippen molar-refractivity contribution in [1.82, 2.24) is 9.88 Å². The van der Waals surface area contributed by atoms with Crippen LogP contribution < -0.4 is 5.32 Å². The average Bonchev–Trinajstić information content (AvgIpc) is 3.16. The first-order valence-corrected chi connectivity index (χ1v) is 10.1. The van der Waals surface area contributed by atoms with Crippen molar-refractivity contribution in [3.8, 4) is 10.6 Å². The number of thiazole rings is 1. The van der Waals surface area contributed by atoms with Crippen molar-refractivity contribution in [3.05, 3.63) is 70.7 Å². The smallest absolute Gasteiger partial charge is 0.228 e. The van der Waals surface area contributed by atoms with Gasteiger partial charge in [0.15, 0.2) is 0 Å². The van der Waals surface area contributed by atoms with Crippen molar-refractivity contribution in [2.75, 3.05) is 11.9 Å². The molecule has 3 aromatic rings. The maximum absolute atomic E-state index is 12.7. The van der Waals surface area contributed by atoms with E-state index in [1.165, 1.54) is 29.4 Å². The fourth-order valence-electron chi connectivity index (χ4n) is 3.43. The summed E-state index contributed by atoms with van der Waals surface area (Å²) < 4.78 is 0. The molecule has 142 valence electrons.